The van der Waals surface area contributed by atoms with Crippen LogP contribution in [0.4, 0.5) is 4.39 Å². The van der Waals surface area contributed by atoms with Crippen molar-refractivity contribution in [2.24, 2.45) is 5.92 Å². The number of unbranched alkanes of at least 4 members (excludes halogenated alkanes) is 2. The van der Waals surface area contributed by atoms with Crippen molar-refractivity contribution in [3.05, 3.63) is 78.1 Å². The van der Waals surface area contributed by atoms with Gasteiger partial charge in [0.1, 0.15) is 11.6 Å². The Kier molecular flexibility index (Phi) is 8.57. The van der Waals surface area contributed by atoms with Crippen molar-refractivity contribution >= 4 is 5.97 Å². The van der Waals surface area contributed by atoms with E-state index in [2.05, 4.69) is 31.2 Å². The number of benzene rings is 3. The Bertz CT molecular complexity index is 1010. The number of aliphatic hydroxyl groups excluding tert-OH is 1. The lowest BCUT2D eigenvalue weighted by molar-refractivity contribution is -0.138. The number of rotatable bonds is 10. The zero-order valence-electron chi connectivity index (χ0n) is 18.8. The number of ether oxygens (including phenoxy) is 1. The molecule has 0 fully saturated rings. The quantitative estimate of drug-likeness (QED) is 0.216. The standard InChI is InChI=1S/C28H31FO3/c1-3-4-5-6-21-7-9-22(10-8-21)24-13-16-26(27(29)19-24)23-11-14-25(15-12-23)32-28(31)20(2)17-18-30/h7-16,19-20,30H,3-6,17-18H2,1-2H3. The monoisotopic (exact) mass is 434 g/mol. The van der Waals surface area contributed by atoms with Crippen LogP contribution in [0.15, 0.2) is 66.7 Å². The summed E-state index contributed by atoms with van der Waals surface area (Å²) in [6.07, 6.45) is 5.07. The number of hydrogen-bond acceptors (Lipinski definition) is 3. The highest BCUT2D eigenvalue weighted by atomic mass is 19.1. The molecule has 0 aliphatic carbocycles. The van der Waals surface area contributed by atoms with Gasteiger partial charge in [0.2, 0.25) is 0 Å². The maximum Gasteiger partial charge on any atom is 0.314 e. The van der Waals surface area contributed by atoms with Gasteiger partial charge in [0.25, 0.3) is 0 Å². The lowest BCUT2D eigenvalue weighted by atomic mass is 9.98. The molecule has 0 aliphatic heterocycles. The van der Waals surface area contributed by atoms with E-state index in [1.807, 2.05) is 6.07 Å². The van der Waals surface area contributed by atoms with Gasteiger partial charge in [0.05, 0.1) is 5.92 Å². The lowest BCUT2D eigenvalue weighted by Gasteiger charge is -2.11. The first-order chi connectivity index (χ1) is 15.5. The van der Waals surface area contributed by atoms with Crippen LogP contribution in [0.5, 0.6) is 5.75 Å². The van der Waals surface area contributed by atoms with E-state index >= 15 is 0 Å². The molecule has 168 valence electrons. The van der Waals surface area contributed by atoms with Gasteiger partial charge < -0.3 is 9.84 Å². The van der Waals surface area contributed by atoms with Crippen LogP contribution in [-0.4, -0.2) is 17.7 Å². The minimum absolute atomic E-state index is 0.0619. The molecule has 0 aliphatic rings. The summed E-state index contributed by atoms with van der Waals surface area (Å²) < 4.78 is 20.2. The molecule has 0 heterocycles. The van der Waals surface area contributed by atoms with Crippen LogP contribution in [0, 0.1) is 11.7 Å². The molecule has 0 amide bonds. The molecule has 3 nitrogen and oxygen atoms in total. The Balaban J connectivity index is 1.69. The molecule has 0 saturated carbocycles. The van der Waals surface area contributed by atoms with Gasteiger partial charge in [-0.15, -0.1) is 0 Å². The first-order valence-corrected chi connectivity index (χ1v) is 11.3. The van der Waals surface area contributed by atoms with Crippen LogP contribution in [0.3, 0.4) is 0 Å². The molecule has 0 aromatic heterocycles. The number of carbonyl (C=O) groups is 1. The summed E-state index contributed by atoms with van der Waals surface area (Å²) in [7, 11) is 0. The second-order valence-corrected chi connectivity index (χ2v) is 8.21. The van der Waals surface area contributed by atoms with Crippen molar-refractivity contribution in [1.29, 1.82) is 0 Å². The summed E-state index contributed by atoms with van der Waals surface area (Å²) in [5.41, 5.74) is 4.36. The summed E-state index contributed by atoms with van der Waals surface area (Å²) in [6.45, 7) is 3.85. The summed E-state index contributed by atoms with van der Waals surface area (Å²) in [6, 6.07) is 20.4. The zero-order valence-corrected chi connectivity index (χ0v) is 18.8. The molecular weight excluding hydrogens is 403 g/mol. The van der Waals surface area contributed by atoms with Gasteiger partial charge in [-0.05, 0) is 59.7 Å². The third-order valence-corrected chi connectivity index (χ3v) is 5.67. The molecule has 1 unspecified atom stereocenters. The highest BCUT2D eigenvalue weighted by Gasteiger charge is 2.15. The van der Waals surface area contributed by atoms with Gasteiger partial charge in [-0.1, -0.05) is 75.2 Å². The Labute approximate surface area is 189 Å². The van der Waals surface area contributed by atoms with E-state index in [9.17, 15) is 9.18 Å². The normalized spacial score (nSPS) is 11.9. The van der Waals surface area contributed by atoms with Crippen molar-refractivity contribution in [1.82, 2.24) is 0 Å². The van der Waals surface area contributed by atoms with Crippen LogP contribution < -0.4 is 4.74 Å². The van der Waals surface area contributed by atoms with Gasteiger partial charge in [0, 0.05) is 12.2 Å². The lowest BCUT2D eigenvalue weighted by Crippen LogP contribution is -2.18. The summed E-state index contributed by atoms with van der Waals surface area (Å²) >= 11 is 0. The summed E-state index contributed by atoms with van der Waals surface area (Å²) in [5.74, 6) is -0.663. The van der Waals surface area contributed by atoms with E-state index in [4.69, 9.17) is 9.84 Å². The van der Waals surface area contributed by atoms with Crippen molar-refractivity contribution in [2.75, 3.05) is 6.61 Å². The molecule has 3 aromatic rings. The molecule has 1 atom stereocenters. The molecule has 1 N–H and O–H groups in total. The third kappa shape index (κ3) is 6.27. The molecule has 32 heavy (non-hydrogen) atoms. The second-order valence-electron chi connectivity index (χ2n) is 8.21. The van der Waals surface area contributed by atoms with E-state index in [1.54, 1.807) is 43.3 Å². The maximum absolute atomic E-state index is 14.9. The van der Waals surface area contributed by atoms with Gasteiger partial charge in [0.15, 0.2) is 0 Å². The van der Waals surface area contributed by atoms with Gasteiger partial charge in [-0.3, -0.25) is 4.79 Å². The Morgan fingerprint density at radius 2 is 1.59 bits per heavy atom. The van der Waals surface area contributed by atoms with E-state index in [1.165, 1.54) is 24.8 Å². The molecule has 3 rings (SSSR count). The average molecular weight is 435 g/mol. The molecule has 4 heteroatoms. The number of halogens is 1. The Hall–Kier alpha value is -2.98. The molecule has 0 saturated heterocycles. The van der Waals surface area contributed by atoms with Crippen LogP contribution in [0.25, 0.3) is 22.3 Å². The fourth-order valence-electron chi connectivity index (χ4n) is 3.60. The molecule has 0 spiro atoms. The van der Waals surface area contributed by atoms with Crippen LogP contribution in [0.2, 0.25) is 0 Å². The smallest absolute Gasteiger partial charge is 0.314 e. The molecule has 0 bridgehead atoms. The summed E-state index contributed by atoms with van der Waals surface area (Å²) in [4.78, 5) is 12.0. The fraction of sp³-hybridized carbons (Fsp3) is 0.321. The summed E-state index contributed by atoms with van der Waals surface area (Å²) in [5, 5.41) is 8.94. The average Bonchev–Trinajstić information content (AvgIpc) is 2.80. The van der Waals surface area contributed by atoms with E-state index in [0.29, 0.717) is 23.3 Å². The van der Waals surface area contributed by atoms with Crippen LogP contribution >= 0.6 is 0 Å². The largest absolute Gasteiger partial charge is 0.426 e. The first kappa shape index (κ1) is 23.7. The SMILES string of the molecule is CCCCCc1ccc(-c2ccc(-c3ccc(OC(=O)C(C)CCO)cc3)c(F)c2)cc1. The first-order valence-electron chi connectivity index (χ1n) is 11.3. The van der Waals surface area contributed by atoms with Crippen molar-refractivity contribution in [3.63, 3.8) is 0 Å². The minimum atomic E-state index is -0.390. The highest BCUT2D eigenvalue weighted by Crippen LogP contribution is 2.29. The number of esters is 1. The molecule has 3 aromatic carbocycles. The van der Waals surface area contributed by atoms with Crippen LogP contribution in [-0.2, 0) is 11.2 Å². The number of aliphatic hydroxyl groups is 1. The van der Waals surface area contributed by atoms with Crippen molar-refractivity contribution < 1.29 is 19.0 Å². The second kappa shape index (κ2) is 11.6. The van der Waals surface area contributed by atoms with Crippen molar-refractivity contribution in [3.8, 4) is 28.0 Å². The van der Waals surface area contributed by atoms with Crippen molar-refractivity contribution in [2.45, 2.75) is 46.0 Å². The van der Waals surface area contributed by atoms with Crippen LogP contribution in [0.1, 0.15) is 45.1 Å². The van der Waals surface area contributed by atoms with E-state index < -0.39 is 5.97 Å². The Morgan fingerprint density at radius 1 is 0.938 bits per heavy atom. The number of aryl methyl sites for hydroxylation is 1. The van der Waals surface area contributed by atoms with Gasteiger partial charge in [-0.25, -0.2) is 4.39 Å². The number of carbonyl (C=O) groups excluding carboxylic acids is 1. The van der Waals surface area contributed by atoms with Gasteiger partial charge in [-0.2, -0.15) is 0 Å². The predicted molar refractivity (Wildman–Crippen MR) is 127 cm³/mol. The highest BCUT2D eigenvalue weighted by molar-refractivity contribution is 5.75. The fourth-order valence-corrected chi connectivity index (χ4v) is 3.60. The molecular formula is C28H31FO3. The molecule has 0 radical (unpaired) electrons. The third-order valence-electron chi connectivity index (χ3n) is 5.67. The number of hydrogen-bond donors (Lipinski definition) is 1. The predicted octanol–water partition coefficient (Wildman–Crippen LogP) is 6.82. The maximum atomic E-state index is 14.9. The van der Waals surface area contributed by atoms with E-state index in [0.717, 1.165) is 17.5 Å². The minimum Gasteiger partial charge on any atom is -0.426 e. The van der Waals surface area contributed by atoms with Gasteiger partial charge >= 0.3 is 5.97 Å². The Morgan fingerprint density at radius 3 is 2.22 bits per heavy atom. The zero-order chi connectivity index (χ0) is 22.9. The topological polar surface area (TPSA) is 46.5 Å². The van der Waals surface area contributed by atoms with E-state index in [-0.39, 0.29) is 18.3 Å².